The van der Waals surface area contributed by atoms with E-state index in [-0.39, 0.29) is 12.6 Å². The molecule has 0 saturated heterocycles. The van der Waals surface area contributed by atoms with Crippen molar-refractivity contribution in [2.45, 2.75) is 104 Å². The summed E-state index contributed by atoms with van der Waals surface area (Å²) < 4.78 is 10.5. The fraction of sp³-hybridized carbons (Fsp3) is 0.731. The highest BCUT2D eigenvalue weighted by molar-refractivity contribution is 5.87. The summed E-state index contributed by atoms with van der Waals surface area (Å²) >= 11 is 0. The zero-order valence-electron chi connectivity index (χ0n) is 19.3. The van der Waals surface area contributed by atoms with Crippen molar-refractivity contribution >= 4 is 5.97 Å². The molecule has 0 heterocycles. The second kappa shape index (κ2) is 21.4. The normalized spacial score (nSPS) is 11.1. The summed E-state index contributed by atoms with van der Waals surface area (Å²) in [5.41, 5.74) is 1.30. The Bertz CT molecular complexity index is 451. The van der Waals surface area contributed by atoms with Crippen molar-refractivity contribution in [1.82, 2.24) is 0 Å². The van der Waals surface area contributed by atoms with E-state index in [1.54, 1.807) is 0 Å². The van der Waals surface area contributed by atoms with Crippen LogP contribution in [0.5, 0.6) is 0 Å². The average molecular weight is 407 g/mol. The van der Waals surface area contributed by atoms with Crippen molar-refractivity contribution < 1.29 is 14.3 Å². The summed E-state index contributed by atoms with van der Waals surface area (Å²) in [4.78, 5) is 11.7. The maximum Gasteiger partial charge on any atom is 0.335 e. The molecule has 0 aliphatic rings. The van der Waals surface area contributed by atoms with Crippen LogP contribution in [-0.2, 0) is 14.3 Å². The highest BCUT2D eigenvalue weighted by atomic mass is 16.5. The van der Waals surface area contributed by atoms with Gasteiger partial charge in [-0.15, -0.1) is 0 Å². The first-order chi connectivity index (χ1) is 14.1. The number of carbonyl (C=O) groups excluding carboxylic acids is 1. The molecule has 0 unspecified atom stereocenters. The second-order valence-electron chi connectivity index (χ2n) is 8.13. The Morgan fingerprint density at radius 3 is 1.83 bits per heavy atom. The molecule has 0 bridgehead atoms. The predicted octanol–water partition coefficient (Wildman–Crippen LogP) is 7.72. The maximum absolute atomic E-state index is 11.7. The summed E-state index contributed by atoms with van der Waals surface area (Å²) in [6, 6.07) is 0. The van der Waals surface area contributed by atoms with Crippen LogP contribution < -0.4 is 0 Å². The summed E-state index contributed by atoms with van der Waals surface area (Å²) in [6.07, 6.45) is 22.5. The molecule has 0 atom stereocenters. The molecule has 0 fully saturated rings. The highest BCUT2D eigenvalue weighted by Crippen LogP contribution is 2.10. The lowest BCUT2D eigenvalue weighted by Gasteiger charge is -2.08. The molecular weight excluding hydrogens is 360 g/mol. The van der Waals surface area contributed by atoms with Gasteiger partial charge in [0.1, 0.15) is 0 Å². The van der Waals surface area contributed by atoms with Gasteiger partial charge in [-0.2, -0.15) is 0 Å². The zero-order chi connectivity index (χ0) is 21.6. The molecule has 0 aromatic rings. The first kappa shape index (κ1) is 27.6. The van der Waals surface area contributed by atoms with E-state index < -0.39 is 0 Å². The molecule has 3 nitrogen and oxygen atoms in total. The van der Waals surface area contributed by atoms with E-state index in [0.717, 1.165) is 18.4 Å². The number of hydrogen-bond donors (Lipinski definition) is 0. The van der Waals surface area contributed by atoms with E-state index >= 15 is 0 Å². The molecule has 0 rings (SSSR count). The van der Waals surface area contributed by atoms with Gasteiger partial charge in [0, 0.05) is 0 Å². The van der Waals surface area contributed by atoms with E-state index in [1.165, 1.54) is 77.0 Å². The van der Waals surface area contributed by atoms with Crippen LogP contribution in [0.2, 0.25) is 0 Å². The molecule has 3 heteroatoms. The van der Waals surface area contributed by atoms with Crippen molar-refractivity contribution in [3.8, 4) is 0 Å². The first-order valence-corrected chi connectivity index (χ1v) is 11.8. The van der Waals surface area contributed by atoms with Crippen LogP contribution in [-0.4, -0.2) is 25.8 Å². The lowest BCUT2D eigenvalue weighted by Crippen LogP contribution is -2.13. The Balaban J connectivity index is 3.32. The van der Waals surface area contributed by atoms with Gasteiger partial charge >= 0.3 is 5.97 Å². The van der Waals surface area contributed by atoms with Gasteiger partial charge in [-0.25, -0.2) is 4.79 Å². The van der Waals surface area contributed by atoms with Gasteiger partial charge in [0.2, 0.25) is 0 Å². The Morgan fingerprint density at radius 2 is 1.28 bits per heavy atom. The maximum atomic E-state index is 11.7. The number of rotatable bonds is 21. The summed E-state index contributed by atoms with van der Waals surface area (Å²) in [5.74, 6) is -0.348. The molecule has 0 amide bonds. The van der Waals surface area contributed by atoms with Crippen LogP contribution in [0.3, 0.4) is 0 Å². The lowest BCUT2D eigenvalue weighted by atomic mass is 10.1. The molecule has 0 N–H and O–H groups in total. The average Bonchev–Trinajstić information content (AvgIpc) is 2.69. The smallest absolute Gasteiger partial charge is 0.335 e. The van der Waals surface area contributed by atoms with Gasteiger partial charge in [0.05, 0.1) is 25.4 Å². The van der Waals surface area contributed by atoms with Gasteiger partial charge < -0.3 is 9.47 Å². The minimum Gasteiger partial charge on any atom is -0.462 e. The Morgan fingerprint density at radius 1 is 0.759 bits per heavy atom. The molecule has 0 radical (unpaired) electrons. The van der Waals surface area contributed by atoms with E-state index in [4.69, 9.17) is 9.47 Å². The minimum atomic E-state index is -0.348. The van der Waals surface area contributed by atoms with E-state index in [9.17, 15) is 4.79 Å². The molecule has 168 valence electrons. The van der Waals surface area contributed by atoms with E-state index in [2.05, 4.69) is 32.2 Å². The van der Waals surface area contributed by atoms with Gasteiger partial charge in [0.25, 0.3) is 0 Å². The molecule has 0 aliphatic heterocycles. The predicted molar refractivity (Wildman–Crippen MR) is 125 cm³/mol. The van der Waals surface area contributed by atoms with Gasteiger partial charge in [-0.3, -0.25) is 0 Å². The molecule has 0 saturated carbocycles. The third-order valence-corrected chi connectivity index (χ3v) is 4.80. The highest BCUT2D eigenvalue weighted by Gasteiger charge is 2.08. The molecule has 29 heavy (non-hydrogen) atoms. The molecule has 0 aliphatic carbocycles. The van der Waals surface area contributed by atoms with Crippen LogP contribution in [0.1, 0.15) is 104 Å². The van der Waals surface area contributed by atoms with Crippen molar-refractivity contribution in [2.75, 3.05) is 19.8 Å². The summed E-state index contributed by atoms with van der Waals surface area (Å²) in [6.45, 7) is 12.7. The lowest BCUT2D eigenvalue weighted by molar-refractivity contribution is -0.139. The van der Waals surface area contributed by atoms with Gasteiger partial charge in [-0.1, -0.05) is 95.6 Å². The van der Waals surface area contributed by atoms with Gasteiger partial charge in [0.15, 0.2) is 0 Å². The third-order valence-electron chi connectivity index (χ3n) is 4.80. The van der Waals surface area contributed by atoms with Crippen LogP contribution in [0.4, 0.5) is 0 Å². The SMILES string of the molecule is C=C(C)COCC(=C)C(=O)OCCCCCCCC/C=C\CCCCCCCC. The number of allylic oxidation sites excluding steroid dienone is 2. The summed E-state index contributed by atoms with van der Waals surface area (Å²) in [7, 11) is 0. The van der Waals surface area contributed by atoms with E-state index in [0.29, 0.717) is 18.8 Å². The number of carbonyl (C=O) groups is 1. The van der Waals surface area contributed by atoms with Gasteiger partial charge in [-0.05, 0) is 39.0 Å². The number of ether oxygens (including phenoxy) is 2. The second-order valence-corrected chi connectivity index (χ2v) is 8.13. The Kier molecular flexibility index (Phi) is 20.4. The van der Waals surface area contributed by atoms with Crippen molar-refractivity contribution in [3.63, 3.8) is 0 Å². The quantitative estimate of drug-likeness (QED) is 0.0847. The number of esters is 1. The monoisotopic (exact) mass is 406 g/mol. The van der Waals surface area contributed by atoms with Crippen LogP contribution >= 0.6 is 0 Å². The fourth-order valence-corrected chi connectivity index (χ4v) is 3.02. The Labute approximate surface area is 180 Å². The van der Waals surface area contributed by atoms with Crippen LogP contribution in [0.25, 0.3) is 0 Å². The van der Waals surface area contributed by atoms with Crippen LogP contribution in [0.15, 0.2) is 36.5 Å². The van der Waals surface area contributed by atoms with Crippen molar-refractivity contribution in [3.05, 3.63) is 36.5 Å². The third kappa shape index (κ3) is 21.2. The number of hydrogen-bond acceptors (Lipinski definition) is 3. The summed E-state index contributed by atoms with van der Waals surface area (Å²) in [5, 5.41) is 0. The molecule has 0 spiro atoms. The van der Waals surface area contributed by atoms with Crippen LogP contribution in [0, 0.1) is 0 Å². The molecular formula is C26H46O3. The van der Waals surface area contributed by atoms with E-state index in [1.807, 2.05) is 6.92 Å². The first-order valence-electron chi connectivity index (χ1n) is 11.8. The van der Waals surface area contributed by atoms with Crippen molar-refractivity contribution in [2.24, 2.45) is 0 Å². The number of unbranched alkanes of at least 4 members (excludes halogenated alkanes) is 12. The van der Waals surface area contributed by atoms with Crippen molar-refractivity contribution in [1.29, 1.82) is 0 Å². The Hall–Kier alpha value is -1.35. The minimum absolute atomic E-state index is 0.207. The molecule has 0 aromatic heterocycles. The topological polar surface area (TPSA) is 35.5 Å². The fourth-order valence-electron chi connectivity index (χ4n) is 3.02. The molecule has 0 aromatic carbocycles. The largest absolute Gasteiger partial charge is 0.462 e. The standard InChI is InChI=1S/C26H46O3/c1-5-6-7-8-9-10-11-12-13-14-15-16-17-18-19-20-21-29-26(27)25(4)23-28-22-24(2)3/h12-13H,2,4-11,14-23H2,1,3H3/b13-12-. The zero-order valence-corrected chi connectivity index (χ0v) is 19.3.